The van der Waals surface area contributed by atoms with Gasteiger partial charge in [0.2, 0.25) is 5.88 Å². The summed E-state index contributed by atoms with van der Waals surface area (Å²) < 4.78 is 26.0. The van der Waals surface area contributed by atoms with E-state index in [9.17, 15) is 9.18 Å². The first-order valence-electron chi connectivity index (χ1n) is 6.58. The van der Waals surface area contributed by atoms with Crippen molar-refractivity contribution in [2.75, 3.05) is 0 Å². The van der Waals surface area contributed by atoms with Gasteiger partial charge in [-0.2, -0.15) is 0 Å². The molecule has 112 valence electrons. The molecule has 2 aromatic rings. The average molecular weight is 292 g/mol. The Balaban J connectivity index is 2.19. The van der Waals surface area contributed by atoms with Gasteiger partial charge in [0.05, 0.1) is 11.7 Å². The van der Waals surface area contributed by atoms with Crippen LogP contribution in [0.4, 0.5) is 4.39 Å². The molecule has 21 heavy (non-hydrogen) atoms. The molecule has 0 amide bonds. The molecule has 0 fully saturated rings. The first kappa shape index (κ1) is 15.0. The van der Waals surface area contributed by atoms with E-state index >= 15 is 0 Å². The summed E-state index contributed by atoms with van der Waals surface area (Å²) in [6.07, 6.45) is 1.44. The van der Waals surface area contributed by atoms with Crippen molar-refractivity contribution < 1.29 is 18.7 Å². The highest BCUT2D eigenvalue weighted by molar-refractivity contribution is 5.91. The minimum Gasteiger partial charge on any atom is -0.472 e. The minimum atomic E-state index is -0.566. The van der Waals surface area contributed by atoms with E-state index in [0.29, 0.717) is 5.88 Å². The van der Waals surface area contributed by atoms with Crippen molar-refractivity contribution in [1.82, 2.24) is 9.78 Å². The van der Waals surface area contributed by atoms with Crippen molar-refractivity contribution in [2.45, 2.75) is 26.6 Å². The number of carbonyl (C=O) groups excluding carboxylic acids is 1. The van der Waals surface area contributed by atoms with E-state index in [2.05, 4.69) is 5.10 Å². The van der Waals surface area contributed by atoms with E-state index < -0.39 is 11.8 Å². The Morgan fingerprint density at radius 2 is 2.14 bits per heavy atom. The summed E-state index contributed by atoms with van der Waals surface area (Å²) in [6.45, 7) is 3.38. The Morgan fingerprint density at radius 3 is 2.76 bits per heavy atom. The molecule has 0 aliphatic carbocycles. The lowest BCUT2D eigenvalue weighted by molar-refractivity contribution is 0.0374. The summed E-state index contributed by atoms with van der Waals surface area (Å²) in [7, 11) is 1.75. The lowest BCUT2D eigenvalue weighted by atomic mass is 10.1. The Kier molecular flexibility index (Phi) is 4.57. The summed E-state index contributed by atoms with van der Waals surface area (Å²) in [5.74, 6) is -0.711. The van der Waals surface area contributed by atoms with E-state index in [1.165, 1.54) is 18.2 Å². The number of hydrogen-bond donors (Lipinski definition) is 0. The molecule has 1 aromatic heterocycles. The van der Waals surface area contributed by atoms with Crippen molar-refractivity contribution in [1.29, 1.82) is 0 Å². The molecule has 0 atom stereocenters. The zero-order valence-electron chi connectivity index (χ0n) is 12.2. The smallest absolute Gasteiger partial charge is 0.338 e. The third-order valence-corrected chi connectivity index (χ3v) is 2.74. The number of hydrogen-bond acceptors (Lipinski definition) is 4. The maximum atomic E-state index is 13.9. The summed E-state index contributed by atoms with van der Waals surface area (Å²) >= 11 is 0. The van der Waals surface area contributed by atoms with Crippen LogP contribution in [0.5, 0.6) is 5.88 Å². The maximum absolute atomic E-state index is 13.9. The number of benzene rings is 1. The fraction of sp³-hybridized carbons (Fsp3) is 0.333. The number of halogens is 1. The highest BCUT2D eigenvalue weighted by Crippen LogP contribution is 2.18. The topological polar surface area (TPSA) is 53.4 Å². The van der Waals surface area contributed by atoms with E-state index in [-0.39, 0.29) is 23.8 Å². The number of rotatable bonds is 5. The van der Waals surface area contributed by atoms with Gasteiger partial charge in [0, 0.05) is 24.9 Å². The zero-order chi connectivity index (χ0) is 15.4. The number of aryl methyl sites for hydroxylation is 1. The van der Waals surface area contributed by atoms with Crippen LogP contribution in [0, 0.1) is 5.82 Å². The molecule has 6 heteroatoms. The molecule has 0 saturated heterocycles. The second-order valence-electron chi connectivity index (χ2n) is 4.84. The van der Waals surface area contributed by atoms with E-state index in [0.717, 1.165) is 0 Å². The van der Waals surface area contributed by atoms with Crippen LogP contribution in [0.1, 0.15) is 29.8 Å². The molecule has 0 saturated carbocycles. The van der Waals surface area contributed by atoms with Gasteiger partial charge in [-0.15, -0.1) is 5.10 Å². The van der Waals surface area contributed by atoms with Gasteiger partial charge in [0.15, 0.2) is 0 Å². The summed E-state index contributed by atoms with van der Waals surface area (Å²) in [4.78, 5) is 12.0. The van der Waals surface area contributed by atoms with Crippen molar-refractivity contribution in [2.24, 2.45) is 7.05 Å². The summed E-state index contributed by atoms with van der Waals surface area (Å²) in [6, 6.07) is 5.93. The second-order valence-corrected chi connectivity index (χ2v) is 4.84. The quantitative estimate of drug-likeness (QED) is 0.795. The number of nitrogens with zero attached hydrogens (tertiary/aromatic N) is 2. The van der Waals surface area contributed by atoms with Gasteiger partial charge in [-0.1, -0.05) is 6.07 Å². The van der Waals surface area contributed by atoms with E-state index in [4.69, 9.17) is 9.47 Å². The minimum absolute atomic E-state index is 0.0911. The summed E-state index contributed by atoms with van der Waals surface area (Å²) in [5.41, 5.74) is 0.327. The third kappa shape index (κ3) is 3.81. The van der Waals surface area contributed by atoms with Gasteiger partial charge in [-0.05, 0) is 26.0 Å². The predicted octanol–water partition coefficient (Wildman–Crippen LogP) is 2.70. The van der Waals surface area contributed by atoms with Crippen LogP contribution >= 0.6 is 0 Å². The number of carbonyl (C=O) groups is 1. The van der Waals surface area contributed by atoms with Gasteiger partial charge >= 0.3 is 5.97 Å². The molecule has 2 rings (SSSR count). The van der Waals surface area contributed by atoms with Crippen molar-refractivity contribution in [3.8, 4) is 5.88 Å². The lowest BCUT2D eigenvalue weighted by Crippen LogP contribution is -2.15. The Hall–Kier alpha value is -2.37. The highest BCUT2D eigenvalue weighted by atomic mass is 19.1. The van der Waals surface area contributed by atoms with Crippen LogP contribution in [-0.2, 0) is 18.4 Å². The largest absolute Gasteiger partial charge is 0.472 e. The number of aromatic nitrogens is 2. The Bertz CT molecular complexity index is 638. The standard InChI is InChI=1S/C15H17FN2O3/c1-10(2)21-15(19)11-5-4-6-13(16)12(11)9-20-14-7-8-18(3)17-14/h4-8,10H,9H2,1-3H3. The zero-order valence-corrected chi connectivity index (χ0v) is 12.2. The molecule has 0 radical (unpaired) electrons. The van der Waals surface area contributed by atoms with Gasteiger partial charge in [0.1, 0.15) is 12.4 Å². The molecule has 0 spiro atoms. The highest BCUT2D eigenvalue weighted by Gasteiger charge is 2.18. The average Bonchev–Trinajstić information content (AvgIpc) is 2.82. The fourth-order valence-corrected chi connectivity index (χ4v) is 1.79. The molecule has 5 nitrogen and oxygen atoms in total. The lowest BCUT2D eigenvalue weighted by Gasteiger charge is -2.12. The predicted molar refractivity (Wildman–Crippen MR) is 74.5 cm³/mol. The summed E-state index contributed by atoms with van der Waals surface area (Å²) in [5, 5.41) is 4.03. The second kappa shape index (κ2) is 6.39. The van der Waals surface area contributed by atoms with Crippen molar-refractivity contribution >= 4 is 5.97 Å². The molecule has 0 aliphatic heterocycles. The van der Waals surface area contributed by atoms with Crippen LogP contribution in [0.25, 0.3) is 0 Å². The molecule has 0 N–H and O–H groups in total. The molecule has 1 aromatic carbocycles. The van der Waals surface area contributed by atoms with Crippen molar-refractivity contribution in [3.63, 3.8) is 0 Å². The first-order valence-corrected chi connectivity index (χ1v) is 6.58. The normalized spacial score (nSPS) is 10.7. The van der Waals surface area contributed by atoms with Gasteiger partial charge in [-0.25, -0.2) is 9.18 Å². The van der Waals surface area contributed by atoms with Crippen LogP contribution < -0.4 is 4.74 Å². The monoisotopic (exact) mass is 292 g/mol. The molecule has 1 heterocycles. The maximum Gasteiger partial charge on any atom is 0.338 e. The first-order chi connectivity index (χ1) is 9.97. The van der Waals surface area contributed by atoms with Crippen LogP contribution in [0.2, 0.25) is 0 Å². The molecule has 0 bridgehead atoms. The van der Waals surface area contributed by atoms with Gasteiger partial charge < -0.3 is 9.47 Å². The van der Waals surface area contributed by atoms with E-state index in [1.807, 2.05) is 0 Å². The number of ether oxygens (including phenoxy) is 2. The van der Waals surface area contributed by atoms with Crippen LogP contribution in [0.3, 0.4) is 0 Å². The van der Waals surface area contributed by atoms with Gasteiger partial charge in [-0.3, -0.25) is 4.68 Å². The van der Waals surface area contributed by atoms with Crippen LogP contribution in [0.15, 0.2) is 30.5 Å². The van der Waals surface area contributed by atoms with Crippen molar-refractivity contribution in [3.05, 3.63) is 47.4 Å². The molecule has 0 unspecified atom stereocenters. The Morgan fingerprint density at radius 1 is 1.38 bits per heavy atom. The molecular formula is C15H17FN2O3. The molecule has 0 aliphatic rings. The van der Waals surface area contributed by atoms with E-state index in [1.54, 1.807) is 37.8 Å². The third-order valence-electron chi connectivity index (χ3n) is 2.74. The van der Waals surface area contributed by atoms with Crippen LogP contribution in [-0.4, -0.2) is 21.9 Å². The van der Waals surface area contributed by atoms with Gasteiger partial charge in [0.25, 0.3) is 0 Å². The Labute approximate surface area is 122 Å². The number of esters is 1. The fourth-order valence-electron chi connectivity index (χ4n) is 1.79. The molecular weight excluding hydrogens is 275 g/mol. The SMILES string of the molecule is CC(C)OC(=O)c1cccc(F)c1COc1ccn(C)n1.